The zero-order valence-corrected chi connectivity index (χ0v) is 14.1. The molecule has 2 aliphatic rings. The molecule has 1 N–H and O–H groups in total. The second-order valence-corrected chi connectivity index (χ2v) is 6.45. The number of hydrogen-bond acceptors (Lipinski definition) is 6. The SMILES string of the molecule is CN1C(=O)CC2CNCCN2c2c1c(=O)n(C)c1ccc(C#N)nc21. The van der Waals surface area contributed by atoms with Crippen LogP contribution in [0.15, 0.2) is 16.9 Å². The van der Waals surface area contributed by atoms with Gasteiger partial charge in [-0.15, -0.1) is 0 Å². The number of carbonyl (C=O) groups excluding carboxylic acids is 1. The van der Waals surface area contributed by atoms with Crippen molar-refractivity contribution in [2.75, 3.05) is 36.5 Å². The molecule has 1 saturated heterocycles. The fraction of sp³-hybridized carbons (Fsp3) is 0.412. The average Bonchev–Trinajstić information content (AvgIpc) is 2.74. The molecule has 0 spiro atoms. The van der Waals surface area contributed by atoms with Crippen LogP contribution in [0.2, 0.25) is 0 Å². The lowest BCUT2D eigenvalue weighted by molar-refractivity contribution is -0.118. The summed E-state index contributed by atoms with van der Waals surface area (Å²) < 4.78 is 1.49. The summed E-state index contributed by atoms with van der Waals surface area (Å²) in [4.78, 5) is 33.6. The molecule has 0 radical (unpaired) electrons. The minimum atomic E-state index is -0.232. The lowest BCUT2D eigenvalue weighted by atomic mass is 10.1. The number of nitrogens with one attached hydrogen (secondary N) is 1. The molecular weight excluding hydrogens is 320 g/mol. The Bertz CT molecular complexity index is 989. The van der Waals surface area contributed by atoms with Crippen LogP contribution in [0.5, 0.6) is 0 Å². The summed E-state index contributed by atoms with van der Waals surface area (Å²) in [5, 5.41) is 12.5. The van der Waals surface area contributed by atoms with Crippen molar-refractivity contribution in [2.45, 2.75) is 12.5 Å². The van der Waals surface area contributed by atoms with Gasteiger partial charge in [0.25, 0.3) is 5.56 Å². The van der Waals surface area contributed by atoms with Crippen LogP contribution in [-0.2, 0) is 11.8 Å². The Hall–Kier alpha value is -2.92. The van der Waals surface area contributed by atoms with Gasteiger partial charge in [0.15, 0.2) is 0 Å². The number of amides is 1. The molecule has 2 aromatic heterocycles. The van der Waals surface area contributed by atoms with Gasteiger partial charge in [-0.25, -0.2) is 4.98 Å². The first-order chi connectivity index (χ1) is 12.0. The van der Waals surface area contributed by atoms with Crippen LogP contribution in [0.1, 0.15) is 12.1 Å². The first-order valence-corrected chi connectivity index (χ1v) is 8.20. The molecule has 1 amide bonds. The summed E-state index contributed by atoms with van der Waals surface area (Å²) in [6.45, 7) is 2.12. The number of aryl methyl sites for hydroxylation is 1. The van der Waals surface area contributed by atoms with E-state index in [2.05, 4.69) is 21.3 Å². The molecule has 128 valence electrons. The standard InChI is InChI=1S/C17H18N6O2/c1-21-12-4-3-10(8-18)20-14(12)15-16(17(21)25)22(2)13(24)7-11-9-19-5-6-23(11)15/h3-4,11,19H,5-7,9H2,1-2H3. The van der Waals surface area contributed by atoms with E-state index in [1.165, 1.54) is 9.47 Å². The minimum absolute atomic E-state index is 0.0344. The molecule has 2 aromatic rings. The smallest absolute Gasteiger partial charge is 0.277 e. The minimum Gasteiger partial charge on any atom is -0.362 e. The average molecular weight is 338 g/mol. The van der Waals surface area contributed by atoms with Crippen molar-refractivity contribution in [2.24, 2.45) is 7.05 Å². The summed E-state index contributed by atoms with van der Waals surface area (Å²) in [6, 6.07) is 5.37. The lowest BCUT2D eigenvalue weighted by Gasteiger charge is -2.37. The van der Waals surface area contributed by atoms with Crippen molar-refractivity contribution in [1.82, 2.24) is 14.9 Å². The number of nitriles is 1. The Balaban J connectivity index is 2.14. The van der Waals surface area contributed by atoms with E-state index in [-0.39, 0.29) is 17.5 Å². The highest BCUT2D eigenvalue weighted by Gasteiger charge is 2.36. The van der Waals surface area contributed by atoms with Crippen LogP contribution < -0.4 is 20.7 Å². The number of hydrogen-bond donors (Lipinski definition) is 1. The van der Waals surface area contributed by atoms with Gasteiger partial charge < -0.3 is 19.7 Å². The molecule has 0 bridgehead atoms. The molecule has 0 aromatic carbocycles. The maximum atomic E-state index is 13.0. The molecule has 0 saturated carbocycles. The second-order valence-electron chi connectivity index (χ2n) is 6.45. The van der Waals surface area contributed by atoms with Crippen LogP contribution in [0, 0.1) is 11.3 Å². The third kappa shape index (κ3) is 2.20. The van der Waals surface area contributed by atoms with E-state index in [1.54, 1.807) is 26.2 Å². The van der Waals surface area contributed by atoms with Gasteiger partial charge in [0, 0.05) is 40.2 Å². The molecule has 8 nitrogen and oxygen atoms in total. The first-order valence-electron chi connectivity index (χ1n) is 8.20. The summed E-state index contributed by atoms with van der Waals surface area (Å²) in [5.41, 5.74) is 2.30. The van der Waals surface area contributed by atoms with Crippen LogP contribution in [0.25, 0.3) is 11.0 Å². The molecule has 0 aliphatic carbocycles. The Morgan fingerprint density at radius 1 is 1.28 bits per heavy atom. The normalized spacial score (nSPS) is 20.0. The van der Waals surface area contributed by atoms with Crippen LogP contribution >= 0.6 is 0 Å². The maximum Gasteiger partial charge on any atom is 0.277 e. The Labute approximate surface area is 144 Å². The largest absolute Gasteiger partial charge is 0.362 e. The van der Waals surface area contributed by atoms with Crippen molar-refractivity contribution in [3.05, 3.63) is 28.2 Å². The summed E-state index contributed by atoms with van der Waals surface area (Å²) in [7, 11) is 3.30. The van der Waals surface area contributed by atoms with Gasteiger partial charge in [0.2, 0.25) is 5.91 Å². The van der Waals surface area contributed by atoms with Crippen molar-refractivity contribution in [1.29, 1.82) is 5.26 Å². The monoisotopic (exact) mass is 338 g/mol. The van der Waals surface area contributed by atoms with E-state index in [0.717, 1.165) is 6.54 Å². The zero-order valence-electron chi connectivity index (χ0n) is 14.1. The van der Waals surface area contributed by atoms with Gasteiger partial charge in [0.1, 0.15) is 23.0 Å². The molecule has 1 atom stereocenters. The Morgan fingerprint density at radius 3 is 2.84 bits per heavy atom. The van der Waals surface area contributed by atoms with E-state index < -0.39 is 0 Å². The molecule has 4 heterocycles. The van der Waals surface area contributed by atoms with Gasteiger partial charge >= 0.3 is 0 Å². The molecule has 4 rings (SSSR count). The molecule has 2 aliphatic heterocycles. The van der Waals surface area contributed by atoms with Gasteiger partial charge in [-0.2, -0.15) is 5.26 Å². The number of nitrogens with zero attached hydrogens (tertiary/aromatic N) is 5. The van der Waals surface area contributed by atoms with Crippen molar-refractivity contribution >= 4 is 28.3 Å². The molecule has 25 heavy (non-hydrogen) atoms. The number of rotatable bonds is 0. The summed E-state index contributed by atoms with van der Waals surface area (Å²) in [5.74, 6) is -0.0923. The Kier molecular flexibility index (Phi) is 3.47. The van der Waals surface area contributed by atoms with E-state index in [4.69, 9.17) is 0 Å². The predicted octanol–water partition coefficient (Wildman–Crippen LogP) is -0.0501. The highest BCUT2D eigenvalue weighted by atomic mass is 16.2. The lowest BCUT2D eigenvalue weighted by Crippen LogP contribution is -2.52. The number of piperazine rings is 1. The highest BCUT2D eigenvalue weighted by molar-refractivity contribution is 6.05. The number of pyridine rings is 2. The quantitative estimate of drug-likeness (QED) is 0.724. The third-order valence-corrected chi connectivity index (χ3v) is 5.06. The maximum absolute atomic E-state index is 13.0. The van der Waals surface area contributed by atoms with Crippen LogP contribution in [0.3, 0.4) is 0 Å². The van der Waals surface area contributed by atoms with E-state index >= 15 is 0 Å². The van der Waals surface area contributed by atoms with Gasteiger partial charge in [-0.3, -0.25) is 9.59 Å². The first kappa shape index (κ1) is 15.6. The molecule has 8 heteroatoms. The predicted molar refractivity (Wildman–Crippen MR) is 93.7 cm³/mol. The van der Waals surface area contributed by atoms with E-state index in [1.807, 2.05) is 0 Å². The molecule has 1 fully saturated rings. The van der Waals surface area contributed by atoms with Crippen molar-refractivity contribution in [3.63, 3.8) is 0 Å². The molecular formula is C17H18N6O2. The van der Waals surface area contributed by atoms with Crippen molar-refractivity contribution in [3.8, 4) is 6.07 Å². The molecule has 1 unspecified atom stereocenters. The number of fused-ring (bicyclic) bond motifs is 5. The van der Waals surface area contributed by atoms with Crippen LogP contribution in [-0.4, -0.2) is 48.2 Å². The number of carbonyl (C=O) groups is 1. The number of anilines is 2. The van der Waals surface area contributed by atoms with Gasteiger partial charge in [0.05, 0.1) is 17.2 Å². The van der Waals surface area contributed by atoms with E-state index in [9.17, 15) is 14.9 Å². The third-order valence-electron chi connectivity index (χ3n) is 5.06. The van der Waals surface area contributed by atoms with E-state index in [0.29, 0.717) is 47.6 Å². The number of aromatic nitrogens is 2. The summed E-state index contributed by atoms with van der Waals surface area (Å²) in [6.07, 6.45) is 0.334. The Morgan fingerprint density at radius 2 is 2.08 bits per heavy atom. The van der Waals surface area contributed by atoms with Crippen LogP contribution in [0.4, 0.5) is 11.4 Å². The second kappa shape index (κ2) is 5.57. The highest BCUT2D eigenvalue weighted by Crippen LogP contribution is 2.37. The van der Waals surface area contributed by atoms with Crippen molar-refractivity contribution < 1.29 is 4.79 Å². The fourth-order valence-electron chi connectivity index (χ4n) is 3.72. The van der Waals surface area contributed by atoms with Gasteiger partial charge in [-0.1, -0.05) is 0 Å². The summed E-state index contributed by atoms with van der Waals surface area (Å²) >= 11 is 0. The van der Waals surface area contributed by atoms with Gasteiger partial charge in [-0.05, 0) is 12.1 Å². The zero-order chi connectivity index (χ0) is 17.7. The topological polar surface area (TPSA) is 94.3 Å². The fourth-order valence-corrected chi connectivity index (χ4v) is 3.72.